The fourth-order valence-corrected chi connectivity index (χ4v) is 6.75. The van der Waals surface area contributed by atoms with Crippen LogP contribution in [-0.4, -0.2) is 50.7 Å². The zero-order chi connectivity index (χ0) is 32.0. The van der Waals surface area contributed by atoms with E-state index in [2.05, 4.69) is 35.5 Å². The monoisotopic (exact) mass is 638 g/mol. The van der Waals surface area contributed by atoms with E-state index in [0.29, 0.717) is 39.4 Å². The lowest BCUT2D eigenvalue weighted by Gasteiger charge is -2.20. The third-order valence-corrected chi connectivity index (χ3v) is 9.72. The van der Waals surface area contributed by atoms with Crippen molar-refractivity contribution in [2.75, 3.05) is 11.6 Å². The molecule has 0 radical (unpaired) electrons. The first kappa shape index (κ1) is 29.7. The van der Waals surface area contributed by atoms with Gasteiger partial charge in [0.25, 0.3) is 0 Å². The largest absolute Gasteiger partial charge is 0.353 e. The number of aromatic amines is 2. The molecule has 234 valence electrons. The number of carbonyl (C=O) groups is 1. The zero-order valence-electron chi connectivity index (χ0n) is 24.9. The number of hydrogen-bond donors (Lipinski definition) is 4. The van der Waals surface area contributed by atoms with Crippen LogP contribution in [0.4, 0.5) is 10.1 Å². The van der Waals surface area contributed by atoms with Crippen LogP contribution in [0.2, 0.25) is 0 Å². The van der Waals surface area contributed by atoms with Gasteiger partial charge < -0.3 is 16.0 Å². The normalized spacial score (nSPS) is 14.9. The molecule has 1 amide bonds. The van der Waals surface area contributed by atoms with Crippen LogP contribution in [-0.2, 0) is 14.6 Å². The van der Waals surface area contributed by atoms with Gasteiger partial charge in [-0.05, 0) is 60.9 Å². The molecule has 1 atom stereocenters. The van der Waals surface area contributed by atoms with Gasteiger partial charge in [-0.1, -0.05) is 19.3 Å². The Hall–Kier alpha value is -5.01. The molecule has 13 heteroatoms. The highest BCUT2D eigenvalue weighted by Gasteiger charge is 2.23. The summed E-state index contributed by atoms with van der Waals surface area (Å²) in [6, 6.07) is 11.5. The van der Waals surface area contributed by atoms with Gasteiger partial charge in [0.05, 0.1) is 29.0 Å². The number of H-pyrrole nitrogens is 2. The van der Waals surface area contributed by atoms with E-state index in [0.717, 1.165) is 60.0 Å². The molecule has 1 saturated carbocycles. The number of amides is 1. The predicted octanol–water partition coefficient (Wildman–Crippen LogP) is 5.89. The van der Waals surface area contributed by atoms with Crippen molar-refractivity contribution in [3.05, 3.63) is 78.6 Å². The molecule has 5 N–H and O–H groups in total. The van der Waals surface area contributed by atoms with Gasteiger partial charge in [0.2, 0.25) is 5.91 Å². The quantitative estimate of drug-likeness (QED) is 0.168. The lowest BCUT2D eigenvalue weighted by Crippen LogP contribution is -2.24. The number of fused-ring (bicyclic) bond motifs is 2. The molecule has 46 heavy (non-hydrogen) atoms. The van der Waals surface area contributed by atoms with E-state index in [1.807, 2.05) is 18.2 Å². The van der Waals surface area contributed by atoms with E-state index in [4.69, 9.17) is 5.73 Å². The van der Waals surface area contributed by atoms with Crippen molar-refractivity contribution in [3.63, 3.8) is 0 Å². The first-order chi connectivity index (χ1) is 22.1. The minimum atomic E-state index is -3.65. The number of sulfone groups is 1. The van der Waals surface area contributed by atoms with E-state index >= 15 is 0 Å². The van der Waals surface area contributed by atoms with Crippen LogP contribution in [0, 0.1) is 11.7 Å². The maximum Gasteiger partial charge on any atom is 0.227 e. The number of benzene rings is 1. The molecule has 0 spiro atoms. The number of nitrogens with one attached hydrogen (secondary N) is 3. The number of aromatic nitrogens is 6. The van der Waals surface area contributed by atoms with E-state index in [1.54, 1.807) is 36.9 Å². The summed E-state index contributed by atoms with van der Waals surface area (Å²) in [5.74, 6) is -0.555. The SMILES string of the molecule is CS(=O)(=O)C(N)c1cc(F)cc(-c2nccc3[nH]c(-c4[nH]nc5ncc(-c6cncc(NC(=O)C7CCCCC7)c6)cc45)cc23)c1. The summed E-state index contributed by atoms with van der Waals surface area (Å²) in [7, 11) is -3.65. The van der Waals surface area contributed by atoms with Crippen LogP contribution in [0.5, 0.6) is 0 Å². The lowest BCUT2D eigenvalue weighted by atomic mass is 9.88. The van der Waals surface area contributed by atoms with Crippen molar-refractivity contribution in [3.8, 4) is 33.8 Å². The fourth-order valence-electron chi connectivity index (χ4n) is 6.12. The molecule has 7 rings (SSSR count). The van der Waals surface area contributed by atoms with Crippen molar-refractivity contribution < 1.29 is 17.6 Å². The molecule has 5 heterocycles. The van der Waals surface area contributed by atoms with Crippen molar-refractivity contribution in [2.24, 2.45) is 11.7 Å². The number of hydrogen-bond acceptors (Lipinski definition) is 8. The van der Waals surface area contributed by atoms with Gasteiger partial charge in [0, 0.05) is 63.7 Å². The van der Waals surface area contributed by atoms with E-state index in [9.17, 15) is 17.6 Å². The van der Waals surface area contributed by atoms with Gasteiger partial charge in [-0.25, -0.2) is 17.8 Å². The molecule has 11 nitrogen and oxygen atoms in total. The van der Waals surface area contributed by atoms with Crippen LogP contribution >= 0.6 is 0 Å². The summed E-state index contributed by atoms with van der Waals surface area (Å²) < 4.78 is 38.8. The molecule has 1 aliphatic carbocycles. The second-order valence-electron chi connectivity index (χ2n) is 11.8. The Labute approximate surface area is 263 Å². The first-order valence-electron chi connectivity index (χ1n) is 15.0. The summed E-state index contributed by atoms with van der Waals surface area (Å²) in [5, 5.41) is 10.6. The van der Waals surface area contributed by atoms with Gasteiger partial charge in [0.1, 0.15) is 11.2 Å². The average Bonchev–Trinajstić information content (AvgIpc) is 3.68. The lowest BCUT2D eigenvalue weighted by molar-refractivity contribution is -0.120. The van der Waals surface area contributed by atoms with Crippen molar-refractivity contribution in [1.29, 1.82) is 0 Å². The Morgan fingerprint density at radius 3 is 2.59 bits per heavy atom. The molecule has 0 aliphatic heterocycles. The van der Waals surface area contributed by atoms with Crippen LogP contribution in [0.1, 0.15) is 43.0 Å². The third kappa shape index (κ3) is 5.74. The van der Waals surface area contributed by atoms with Crippen LogP contribution in [0.25, 0.3) is 55.7 Å². The molecular formula is C33H31FN8O3S. The van der Waals surface area contributed by atoms with Crippen molar-refractivity contribution in [2.45, 2.75) is 37.5 Å². The summed E-state index contributed by atoms with van der Waals surface area (Å²) in [6.07, 6.45) is 12.9. The summed E-state index contributed by atoms with van der Waals surface area (Å²) in [4.78, 5) is 29.6. The first-order valence-corrected chi connectivity index (χ1v) is 16.9. The zero-order valence-corrected chi connectivity index (χ0v) is 25.7. The van der Waals surface area contributed by atoms with Gasteiger partial charge in [-0.2, -0.15) is 5.10 Å². The minimum absolute atomic E-state index is 0.0314. The maximum atomic E-state index is 14.7. The highest BCUT2D eigenvalue weighted by atomic mass is 32.2. The molecule has 0 bridgehead atoms. The Kier molecular flexibility index (Phi) is 7.57. The number of anilines is 1. The van der Waals surface area contributed by atoms with Crippen molar-refractivity contribution in [1.82, 2.24) is 30.1 Å². The number of halogens is 1. The third-order valence-electron chi connectivity index (χ3n) is 8.53. The predicted molar refractivity (Wildman–Crippen MR) is 175 cm³/mol. The van der Waals surface area contributed by atoms with Gasteiger partial charge in [-0.15, -0.1) is 0 Å². The molecule has 6 aromatic rings. The standard InChI is InChI=1S/C33H31FN8O3S/c1-46(44,45)31(35)20-9-19(10-23(34)11-20)29-25-14-28(40-27(25)7-8-37-29)30-26-13-22(16-38-32(26)42-41-30)21-12-24(17-36-15-21)39-33(43)18-5-3-2-4-6-18/h7-18,31,40H,2-6,35H2,1H3,(H,39,43)(H,38,41,42). The topological polar surface area (TPSA) is 172 Å². The maximum absolute atomic E-state index is 14.7. The number of pyridine rings is 3. The molecule has 1 aromatic carbocycles. The number of carbonyl (C=O) groups excluding carboxylic acids is 1. The Bertz CT molecular complexity index is 2220. The summed E-state index contributed by atoms with van der Waals surface area (Å²) >= 11 is 0. The van der Waals surface area contributed by atoms with E-state index < -0.39 is 21.0 Å². The van der Waals surface area contributed by atoms with Gasteiger partial charge >= 0.3 is 0 Å². The molecular weight excluding hydrogens is 607 g/mol. The second-order valence-corrected chi connectivity index (χ2v) is 14.0. The number of nitrogens with two attached hydrogens (primary N) is 1. The van der Waals surface area contributed by atoms with E-state index in [-0.39, 0.29) is 17.4 Å². The van der Waals surface area contributed by atoms with Gasteiger partial charge in [-0.3, -0.25) is 19.9 Å². The number of rotatable bonds is 7. The fraction of sp³-hybridized carbons (Fsp3) is 0.242. The second kappa shape index (κ2) is 11.7. The Morgan fingerprint density at radius 1 is 0.978 bits per heavy atom. The minimum Gasteiger partial charge on any atom is -0.353 e. The Morgan fingerprint density at radius 2 is 1.78 bits per heavy atom. The molecule has 1 aliphatic rings. The van der Waals surface area contributed by atoms with Gasteiger partial charge in [0.15, 0.2) is 15.5 Å². The highest BCUT2D eigenvalue weighted by molar-refractivity contribution is 7.90. The summed E-state index contributed by atoms with van der Waals surface area (Å²) in [6.45, 7) is 0. The molecule has 1 fully saturated rings. The smallest absolute Gasteiger partial charge is 0.227 e. The molecule has 5 aromatic heterocycles. The molecule has 1 unspecified atom stereocenters. The highest BCUT2D eigenvalue weighted by Crippen LogP contribution is 2.35. The molecule has 0 saturated heterocycles. The Balaban J connectivity index is 1.23. The number of nitrogens with zero attached hydrogens (tertiary/aromatic N) is 4. The summed E-state index contributed by atoms with van der Waals surface area (Å²) in [5.41, 5.74) is 11.7. The van der Waals surface area contributed by atoms with Crippen molar-refractivity contribution >= 4 is 43.4 Å². The van der Waals surface area contributed by atoms with E-state index in [1.165, 1.54) is 12.5 Å². The van der Waals surface area contributed by atoms with Crippen LogP contribution in [0.3, 0.4) is 0 Å². The van der Waals surface area contributed by atoms with Crippen LogP contribution in [0.15, 0.2) is 67.3 Å². The average molecular weight is 639 g/mol. The van der Waals surface area contributed by atoms with Crippen LogP contribution < -0.4 is 11.1 Å².